The number of hydrogen-bond acceptors (Lipinski definition) is 4. The molecule has 0 saturated carbocycles. The molecule has 1 aliphatic heterocycles. The van der Waals surface area contributed by atoms with Crippen LogP contribution < -0.4 is 0 Å². The Bertz CT molecular complexity index is 462. The van der Waals surface area contributed by atoms with Crippen LogP contribution in [-0.2, 0) is 20.9 Å². The molecule has 2 rings (SSSR count). The zero-order valence-corrected chi connectivity index (χ0v) is 11.0. The van der Waals surface area contributed by atoms with Crippen molar-refractivity contribution < 1.29 is 24.2 Å². The van der Waals surface area contributed by atoms with E-state index in [0.717, 1.165) is 5.56 Å². The van der Waals surface area contributed by atoms with Crippen molar-refractivity contribution in [3.05, 3.63) is 35.9 Å². The molecule has 1 aliphatic rings. The molecular formula is C14H17NO5. The number of carboxylic acid groups (broad SMARTS) is 1. The van der Waals surface area contributed by atoms with E-state index in [4.69, 9.17) is 14.6 Å². The number of aliphatic carboxylic acids is 1. The molecular weight excluding hydrogens is 262 g/mol. The lowest BCUT2D eigenvalue weighted by atomic mass is 10.2. The summed E-state index contributed by atoms with van der Waals surface area (Å²) in [4.78, 5) is 23.8. The largest absolute Gasteiger partial charge is 0.480 e. The number of hydrogen-bond donors (Lipinski definition) is 1. The summed E-state index contributed by atoms with van der Waals surface area (Å²) in [6.07, 6.45) is 0.0129. The third kappa shape index (κ3) is 4.24. The fraction of sp³-hybridized carbons (Fsp3) is 0.429. The summed E-state index contributed by atoms with van der Waals surface area (Å²) < 4.78 is 10.4. The number of ether oxygens (including phenoxy) is 2. The zero-order chi connectivity index (χ0) is 14.4. The monoisotopic (exact) mass is 279 g/mol. The Morgan fingerprint density at radius 3 is 2.75 bits per heavy atom. The van der Waals surface area contributed by atoms with Crippen LogP contribution in [-0.4, -0.2) is 47.9 Å². The third-order valence-corrected chi connectivity index (χ3v) is 3.05. The van der Waals surface area contributed by atoms with Gasteiger partial charge in [0.2, 0.25) is 0 Å². The van der Waals surface area contributed by atoms with E-state index in [1.54, 1.807) is 0 Å². The minimum absolute atomic E-state index is 0.227. The molecule has 0 aliphatic carbocycles. The average Bonchev–Trinajstić information content (AvgIpc) is 2.92. The minimum Gasteiger partial charge on any atom is -0.480 e. The van der Waals surface area contributed by atoms with Crippen LogP contribution in [0.3, 0.4) is 0 Å². The lowest BCUT2D eigenvalue weighted by Gasteiger charge is -2.16. The maximum atomic E-state index is 11.8. The molecule has 1 saturated heterocycles. The van der Waals surface area contributed by atoms with Gasteiger partial charge in [0.1, 0.15) is 13.2 Å². The highest BCUT2D eigenvalue weighted by molar-refractivity contribution is 5.68. The van der Waals surface area contributed by atoms with Crippen LogP contribution in [0.4, 0.5) is 4.79 Å². The molecule has 1 atom stereocenters. The highest BCUT2D eigenvalue weighted by Gasteiger charge is 2.28. The van der Waals surface area contributed by atoms with Gasteiger partial charge in [-0.1, -0.05) is 30.3 Å². The van der Waals surface area contributed by atoms with E-state index in [-0.39, 0.29) is 19.3 Å². The fourth-order valence-electron chi connectivity index (χ4n) is 2.03. The second kappa shape index (κ2) is 6.91. The molecule has 1 heterocycles. The Balaban J connectivity index is 1.73. The lowest BCUT2D eigenvalue weighted by Crippen LogP contribution is -2.31. The summed E-state index contributed by atoms with van der Waals surface area (Å²) in [6.45, 7) is 0.799. The molecule has 1 fully saturated rings. The van der Waals surface area contributed by atoms with E-state index in [0.29, 0.717) is 19.5 Å². The summed E-state index contributed by atoms with van der Waals surface area (Å²) in [6, 6.07) is 9.44. The van der Waals surface area contributed by atoms with Gasteiger partial charge in [0, 0.05) is 6.54 Å². The molecule has 0 radical (unpaired) electrons. The van der Waals surface area contributed by atoms with Crippen molar-refractivity contribution in [1.29, 1.82) is 0 Å². The van der Waals surface area contributed by atoms with E-state index in [2.05, 4.69) is 0 Å². The molecule has 0 aromatic heterocycles. The van der Waals surface area contributed by atoms with E-state index in [9.17, 15) is 9.59 Å². The summed E-state index contributed by atoms with van der Waals surface area (Å²) in [5.74, 6) is -1.00. The van der Waals surface area contributed by atoms with Crippen LogP contribution in [0.2, 0.25) is 0 Å². The molecule has 1 amide bonds. The van der Waals surface area contributed by atoms with Crippen molar-refractivity contribution in [1.82, 2.24) is 4.90 Å². The second-order valence-corrected chi connectivity index (χ2v) is 4.60. The van der Waals surface area contributed by atoms with Crippen LogP contribution in [0.15, 0.2) is 30.3 Å². The SMILES string of the molecule is O=C(O)CO[C@H]1CCN(C(=O)OCc2ccccc2)C1. The van der Waals surface area contributed by atoms with Gasteiger partial charge in [-0.25, -0.2) is 9.59 Å². The van der Waals surface area contributed by atoms with Crippen LogP contribution in [0.5, 0.6) is 0 Å². The molecule has 108 valence electrons. The Morgan fingerprint density at radius 2 is 2.05 bits per heavy atom. The van der Waals surface area contributed by atoms with Crippen molar-refractivity contribution in [2.45, 2.75) is 19.1 Å². The van der Waals surface area contributed by atoms with Crippen molar-refractivity contribution in [3.63, 3.8) is 0 Å². The standard InChI is InChI=1S/C14H17NO5/c16-13(17)10-19-12-6-7-15(8-12)14(18)20-9-11-4-2-1-3-5-11/h1-5,12H,6-10H2,(H,16,17)/t12-/m0/s1. The van der Waals surface area contributed by atoms with E-state index >= 15 is 0 Å². The van der Waals surface area contributed by atoms with Crippen LogP contribution in [0.1, 0.15) is 12.0 Å². The van der Waals surface area contributed by atoms with E-state index in [1.165, 1.54) is 4.90 Å². The predicted octanol–water partition coefficient (Wildman–Crippen LogP) is 1.50. The number of amides is 1. The number of carbonyl (C=O) groups excluding carboxylic acids is 1. The number of benzene rings is 1. The average molecular weight is 279 g/mol. The highest BCUT2D eigenvalue weighted by Crippen LogP contribution is 2.14. The Hall–Kier alpha value is -2.08. The van der Waals surface area contributed by atoms with Gasteiger partial charge in [0.15, 0.2) is 0 Å². The van der Waals surface area contributed by atoms with Gasteiger partial charge in [-0.2, -0.15) is 0 Å². The molecule has 0 unspecified atom stereocenters. The normalized spacial score (nSPS) is 18.0. The summed E-state index contributed by atoms with van der Waals surface area (Å²) in [7, 11) is 0. The zero-order valence-electron chi connectivity index (χ0n) is 11.0. The number of carbonyl (C=O) groups is 2. The Labute approximate surface area is 116 Å². The first-order valence-electron chi connectivity index (χ1n) is 6.44. The predicted molar refractivity (Wildman–Crippen MR) is 70.2 cm³/mol. The first-order chi connectivity index (χ1) is 9.65. The number of likely N-dealkylation sites (tertiary alicyclic amines) is 1. The molecule has 0 bridgehead atoms. The summed E-state index contributed by atoms with van der Waals surface area (Å²) in [5, 5.41) is 8.53. The minimum atomic E-state index is -1.00. The van der Waals surface area contributed by atoms with E-state index < -0.39 is 12.1 Å². The van der Waals surface area contributed by atoms with Crippen LogP contribution in [0.25, 0.3) is 0 Å². The van der Waals surface area contributed by atoms with E-state index in [1.807, 2.05) is 30.3 Å². The van der Waals surface area contributed by atoms with Crippen LogP contribution in [0, 0.1) is 0 Å². The smallest absolute Gasteiger partial charge is 0.410 e. The van der Waals surface area contributed by atoms with Gasteiger partial charge < -0.3 is 19.5 Å². The lowest BCUT2D eigenvalue weighted by molar-refractivity contribution is -0.144. The fourth-order valence-corrected chi connectivity index (χ4v) is 2.03. The third-order valence-electron chi connectivity index (χ3n) is 3.05. The van der Waals surface area contributed by atoms with Gasteiger partial charge in [0.25, 0.3) is 0 Å². The maximum absolute atomic E-state index is 11.8. The first-order valence-corrected chi connectivity index (χ1v) is 6.44. The van der Waals surface area contributed by atoms with Crippen molar-refractivity contribution in [3.8, 4) is 0 Å². The Morgan fingerprint density at radius 1 is 1.30 bits per heavy atom. The highest BCUT2D eigenvalue weighted by atomic mass is 16.6. The number of carboxylic acids is 1. The molecule has 6 nitrogen and oxygen atoms in total. The molecule has 1 aromatic carbocycles. The molecule has 6 heteroatoms. The van der Waals surface area contributed by atoms with Gasteiger partial charge >= 0.3 is 12.1 Å². The van der Waals surface area contributed by atoms with Crippen molar-refractivity contribution in [2.24, 2.45) is 0 Å². The quantitative estimate of drug-likeness (QED) is 0.884. The van der Waals surface area contributed by atoms with Crippen LogP contribution >= 0.6 is 0 Å². The molecule has 1 aromatic rings. The molecule has 1 N–H and O–H groups in total. The molecule has 0 spiro atoms. The second-order valence-electron chi connectivity index (χ2n) is 4.60. The summed E-state index contributed by atoms with van der Waals surface area (Å²) >= 11 is 0. The molecule has 20 heavy (non-hydrogen) atoms. The maximum Gasteiger partial charge on any atom is 0.410 e. The van der Waals surface area contributed by atoms with Gasteiger partial charge in [-0.15, -0.1) is 0 Å². The topological polar surface area (TPSA) is 76.1 Å². The van der Waals surface area contributed by atoms with Gasteiger partial charge in [0.05, 0.1) is 12.6 Å². The Kier molecular flexibility index (Phi) is 4.95. The first kappa shape index (κ1) is 14.3. The summed E-state index contributed by atoms with van der Waals surface area (Å²) in [5.41, 5.74) is 0.929. The van der Waals surface area contributed by atoms with Crippen molar-refractivity contribution in [2.75, 3.05) is 19.7 Å². The van der Waals surface area contributed by atoms with Crippen molar-refractivity contribution >= 4 is 12.1 Å². The van der Waals surface area contributed by atoms with Gasteiger partial charge in [-0.05, 0) is 12.0 Å². The number of rotatable bonds is 5. The number of nitrogens with zero attached hydrogens (tertiary/aromatic N) is 1. The van der Waals surface area contributed by atoms with Gasteiger partial charge in [-0.3, -0.25) is 0 Å².